The maximum Gasteiger partial charge on any atom is 0.255 e. The fourth-order valence-electron chi connectivity index (χ4n) is 3.42. The van der Waals surface area contributed by atoms with Crippen LogP contribution < -0.4 is 4.90 Å². The molecule has 136 valence electrons. The molecule has 1 aromatic carbocycles. The maximum atomic E-state index is 12.7. The van der Waals surface area contributed by atoms with E-state index in [9.17, 15) is 4.79 Å². The molecule has 0 aliphatic carbocycles. The van der Waals surface area contributed by atoms with E-state index in [-0.39, 0.29) is 5.91 Å². The van der Waals surface area contributed by atoms with Crippen LogP contribution in [0.25, 0.3) is 0 Å². The molecule has 1 amide bonds. The molecule has 3 aromatic rings. The number of pyridine rings is 2. The number of amides is 1. The highest BCUT2D eigenvalue weighted by Crippen LogP contribution is 2.32. The Bertz CT molecular complexity index is 925. The van der Waals surface area contributed by atoms with E-state index in [2.05, 4.69) is 33.1 Å². The first kappa shape index (κ1) is 17.2. The number of fused-ring (bicyclic) bond motifs is 1. The zero-order valence-corrected chi connectivity index (χ0v) is 15.4. The van der Waals surface area contributed by atoms with E-state index in [4.69, 9.17) is 0 Å². The number of aromatic nitrogens is 2. The average molecular weight is 358 g/mol. The van der Waals surface area contributed by atoms with Crippen LogP contribution in [0, 0.1) is 0 Å². The number of benzene rings is 1. The molecule has 2 aromatic heterocycles. The number of para-hydroxylation sites is 1. The van der Waals surface area contributed by atoms with E-state index in [1.54, 1.807) is 23.5 Å². The van der Waals surface area contributed by atoms with Gasteiger partial charge in [-0.05, 0) is 54.3 Å². The van der Waals surface area contributed by atoms with Crippen molar-refractivity contribution in [3.8, 4) is 0 Å². The van der Waals surface area contributed by atoms with Crippen molar-refractivity contribution in [1.29, 1.82) is 0 Å². The van der Waals surface area contributed by atoms with Crippen LogP contribution in [0.5, 0.6) is 0 Å². The van der Waals surface area contributed by atoms with Crippen molar-refractivity contribution in [2.75, 3.05) is 25.0 Å². The van der Waals surface area contributed by atoms with E-state index in [0.29, 0.717) is 12.1 Å². The van der Waals surface area contributed by atoms with Gasteiger partial charge >= 0.3 is 0 Å². The second kappa shape index (κ2) is 7.58. The number of hydrogen-bond donors (Lipinski definition) is 0. The van der Waals surface area contributed by atoms with Gasteiger partial charge in [-0.1, -0.05) is 18.2 Å². The van der Waals surface area contributed by atoms with Crippen molar-refractivity contribution in [3.63, 3.8) is 0 Å². The molecule has 0 spiro atoms. The fourth-order valence-corrected chi connectivity index (χ4v) is 3.42. The standard InChI is InChI=1S/C22H22N4O/c1-25(14-10-17-8-12-23-13-9-17)22(27)19-6-7-21(24-16-19)26-15-11-18-4-2-3-5-20(18)26/h2-9,12-13,16H,10-11,14-15H2,1H3. The second-order valence-corrected chi connectivity index (χ2v) is 6.77. The summed E-state index contributed by atoms with van der Waals surface area (Å²) in [5.41, 5.74) is 4.34. The zero-order chi connectivity index (χ0) is 18.6. The minimum atomic E-state index is -0.00933. The summed E-state index contributed by atoms with van der Waals surface area (Å²) in [7, 11) is 1.83. The van der Waals surface area contributed by atoms with E-state index < -0.39 is 0 Å². The van der Waals surface area contributed by atoms with Gasteiger partial charge in [0.1, 0.15) is 5.82 Å². The normalized spacial score (nSPS) is 12.7. The zero-order valence-electron chi connectivity index (χ0n) is 15.4. The van der Waals surface area contributed by atoms with Gasteiger partial charge in [-0.15, -0.1) is 0 Å². The third kappa shape index (κ3) is 3.67. The van der Waals surface area contributed by atoms with Gasteiger partial charge < -0.3 is 9.80 Å². The Hall–Kier alpha value is -3.21. The van der Waals surface area contributed by atoms with Gasteiger partial charge in [0.25, 0.3) is 5.91 Å². The SMILES string of the molecule is CN(CCc1ccncc1)C(=O)c1ccc(N2CCc3ccccc32)nc1. The van der Waals surface area contributed by atoms with Crippen molar-refractivity contribution in [1.82, 2.24) is 14.9 Å². The summed E-state index contributed by atoms with van der Waals surface area (Å²) in [4.78, 5) is 25.2. The Labute approximate surface area is 159 Å². The number of hydrogen-bond acceptors (Lipinski definition) is 4. The smallest absolute Gasteiger partial charge is 0.255 e. The molecule has 0 N–H and O–H groups in total. The van der Waals surface area contributed by atoms with Crippen LogP contribution in [0.1, 0.15) is 21.5 Å². The summed E-state index contributed by atoms with van der Waals surface area (Å²) < 4.78 is 0. The second-order valence-electron chi connectivity index (χ2n) is 6.77. The number of rotatable bonds is 5. The first-order chi connectivity index (χ1) is 13.2. The summed E-state index contributed by atoms with van der Waals surface area (Å²) in [5.74, 6) is 0.876. The Balaban J connectivity index is 1.42. The highest BCUT2D eigenvalue weighted by atomic mass is 16.2. The lowest BCUT2D eigenvalue weighted by Gasteiger charge is -2.20. The Morgan fingerprint density at radius 3 is 2.70 bits per heavy atom. The van der Waals surface area contributed by atoms with Crippen LogP contribution in [-0.2, 0) is 12.8 Å². The molecule has 0 unspecified atom stereocenters. The van der Waals surface area contributed by atoms with Gasteiger partial charge in [0.05, 0.1) is 5.56 Å². The van der Waals surface area contributed by atoms with E-state index in [1.807, 2.05) is 37.4 Å². The third-order valence-electron chi connectivity index (χ3n) is 4.99. The minimum absolute atomic E-state index is 0.00933. The monoisotopic (exact) mass is 358 g/mol. The molecular weight excluding hydrogens is 336 g/mol. The molecule has 5 heteroatoms. The molecular formula is C22H22N4O. The average Bonchev–Trinajstić information content (AvgIpc) is 3.16. The lowest BCUT2D eigenvalue weighted by Crippen LogP contribution is -2.29. The Morgan fingerprint density at radius 1 is 1.11 bits per heavy atom. The molecule has 0 radical (unpaired) electrons. The molecule has 0 saturated carbocycles. The minimum Gasteiger partial charge on any atom is -0.341 e. The van der Waals surface area contributed by atoms with Crippen molar-refractivity contribution in [3.05, 3.63) is 83.8 Å². The third-order valence-corrected chi connectivity index (χ3v) is 4.99. The van der Waals surface area contributed by atoms with Crippen molar-refractivity contribution >= 4 is 17.4 Å². The van der Waals surface area contributed by atoms with Crippen LogP contribution in [0.15, 0.2) is 67.1 Å². The lowest BCUT2D eigenvalue weighted by atomic mass is 10.2. The van der Waals surface area contributed by atoms with E-state index >= 15 is 0 Å². The van der Waals surface area contributed by atoms with Crippen molar-refractivity contribution in [2.24, 2.45) is 0 Å². The molecule has 0 saturated heterocycles. The van der Waals surface area contributed by atoms with Gasteiger partial charge in [0.15, 0.2) is 0 Å². The molecule has 0 fully saturated rings. The number of likely N-dealkylation sites (N-methyl/N-ethyl adjacent to an activating group) is 1. The summed E-state index contributed by atoms with van der Waals surface area (Å²) in [5, 5.41) is 0. The lowest BCUT2D eigenvalue weighted by molar-refractivity contribution is 0.0796. The van der Waals surface area contributed by atoms with Crippen LogP contribution in [-0.4, -0.2) is 40.9 Å². The predicted molar refractivity (Wildman–Crippen MR) is 106 cm³/mol. The molecule has 0 bridgehead atoms. The highest BCUT2D eigenvalue weighted by molar-refractivity contribution is 5.94. The highest BCUT2D eigenvalue weighted by Gasteiger charge is 2.21. The summed E-state index contributed by atoms with van der Waals surface area (Å²) in [6, 6.07) is 16.2. The first-order valence-corrected chi connectivity index (χ1v) is 9.18. The van der Waals surface area contributed by atoms with Gasteiger partial charge in [-0.2, -0.15) is 0 Å². The molecule has 1 aliphatic rings. The predicted octanol–water partition coefficient (Wildman–Crippen LogP) is 3.49. The van der Waals surface area contributed by atoms with Crippen LogP contribution in [0.4, 0.5) is 11.5 Å². The summed E-state index contributed by atoms with van der Waals surface area (Å²) in [6.45, 7) is 1.58. The fraction of sp³-hybridized carbons (Fsp3) is 0.227. The number of nitrogens with zero attached hydrogens (tertiary/aromatic N) is 4. The number of carbonyl (C=O) groups is 1. The van der Waals surface area contributed by atoms with Gasteiger partial charge in [0.2, 0.25) is 0 Å². The van der Waals surface area contributed by atoms with Gasteiger partial charge in [0, 0.05) is 44.4 Å². The molecule has 1 aliphatic heterocycles. The van der Waals surface area contributed by atoms with Crippen LogP contribution in [0.2, 0.25) is 0 Å². The topological polar surface area (TPSA) is 49.3 Å². The van der Waals surface area contributed by atoms with Crippen molar-refractivity contribution in [2.45, 2.75) is 12.8 Å². The van der Waals surface area contributed by atoms with Crippen LogP contribution >= 0.6 is 0 Å². The molecule has 5 nitrogen and oxygen atoms in total. The first-order valence-electron chi connectivity index (χ1n) is 9.18. The molecule has 3 heterocycles. The Kier molecular flexibility index (Phi) is 4.83. The van der Waals surface area contributed by atoms with Gasteiger partial charge in [-0.25, -0.2) is 4.98 Å². The molecule has 27 heavy (non-hydrogen) atoms. The Morgan fingerprint density at radius 2 is 1.93 bits per heavy atom. The molecule has 4 rings (SSSR count). The quantitative estimate of drug-likeness (QED) is 0.701. The number of anilines is 2. The summed E-state index contributed by atoms with van der Waals surface area (Å²) >= 11 is 0. The number of carbonyl (C=O) groups excluding carboxylic acids is 1. The largest absolute Gasteiger partial charge is 0.341 e. The van der Waals surface area contributed by atoms with E-state index in [1.165, 1.54) is 16.8 Å². The van der Waals surface area contributed by atoms with Gasteiger partial charge in [-0.3, -0.25) is 9.78 Å². The molecule has 0 atom stereocenters. The van der Waals surface area contributed by atoms with E-state index in [0.717, 1.165) is 25.2 Å². The maximum absolute atomic E-state index is 12.7. The van der Waals surface area contributed by atoms with Crippen LogP contribution in [0.3, 0.4) is 0 Å². The summed E-state index contributed by atoms with van der Waals surface area (Å²) in [6.07, 6.45) is 7.06. The van der Waals surface area contributed by atoms with Crippen molar-refractivity contribution < 1.29 is 4.79 Å².